The first-order valence-corrected chi connectivity index (χ1v) is 6.53. The summed E-state index contributed by atoms with van der Waals surface area (Å²) in [6.07, 6.45) is 1.72. The zero-order valence-corrected chi connectivity index (χ0v) is 11.8. The van der Waals surface area contributed by atoms with Gasteiger partial charge in [-0.2, -0.15) is 0 Å². The lowest BCUT2D eigenvalue weighted by Gasteiger charge is -2.26. The Hall–Kier alpha value is -1.33. The maximum absolute atomic E-state index is 10.7. The Kier molecular flexibility index (Phi) is 5.57. The second kappa shape index (κ2) is 6.73. The van der Waals surface area contributed by atoms with Gasteiger partial charge in [-0.1, -0.05) is 13.8 Å². The smallest absolute Gasteiger partial charge is 0.371 e. The monoisotopic (exact) mass is 269 g/mol. The predicted molar refractivity (Wildman–Crippen MR) is 72.2 cm³/mol. The number of hydrogen-bond acceptors (Lipinski definition) is 4. The van der Waals surface area contributed by atoms with Crippen LogP contribution in [-0.2, 0) is 0 Å². The predicted octanol–water partition coefficient (Wildman–Crippen LogP) is 2.43. The number of rotatable bonds is 8. The molecule has 0 spiro atoms. The number of aliphatic hydroxyl groups is 1. The van der Waals surface area contributed by atoms with Crippen LogP contribution in [0.5, 0.6) is 0 Å². The van der Waals surface area contributed by atoms with E-state index in [9.17, 15) is 4.79 Å². The van der Waals surface area contributed by atoms with Crippen LogP contribution in [0.3, 0.4) is 0 Å². The van der Waals surface area contributed by atoms with Crippen molar-refractivity contribution in [3.05, 3.63) is 23.7 Å². The normalized spacial score (nSPS) is 13.5. The standard InChI is InChI=1S/C14H23NO4/c1-10(11-5-6-12(19-11)13(17)18)15-9-14(2,3)7-4-8-16/h5-6,10,15-16H,4,7-9H2,1-3H3,(H,17,18). The molecule has 1 aromatic rings. The molecule has 1 heterocycles. The summed E-state index contributed by atoms with van der Waals surface area (Å²) in [5, 5.41) is 21.0. The van der Waals surface area contributed by atoms with Gasteiger partial charge in [0.1, 0.15) is 5.76 Å². The van der Waals surface area contributed by atoms with E-state index in [1.807, 2.05) is 6.92 Å². The molecule has 1 unspecified atom stereocenters. The van der Waals surface area contributed by atoms with Crippen LogP contribution in [0.4, 0.5) is 0 Å². The number of furan rings is 1. The van der Waals surface area contributed by atoms with Crippen molar-refractivity contribution in [3.63, 3.8) is 0 Å². The van der Waals surface area contributed by atoms with E-state index < -0.39 is 5.97 Å². The first-order valence-electron chi connectivity index (χ1n) is 6.53. The second-order valence-electron chi connectivity index (χ2n) is 5.60. The molecule has 0 saturated carbocycles. The molecule has 0 aromatic carbocycles. The fraction of sp³-hybridized carbons (Fsp3) is 0.643. The molecule has 19 heavy (non-hydrogen) atoms. The first kappa shape index (κ1) is 15.7. The van der Waals surface area contributed by atoms with E-state index in [0.29, 0.717) is 5.76 Å². The number of carbonyl (C=O) groups is 1. The highest BCUT2D eigenvalue weighted by atomic mass is 16.4. The zero-order valence-electron chi connectivity index (χ0n) is 11.8. The number of aromatic carboxylic acids is 1. The van der Waals surface area contributed by atoms with Crippen molar-refractivity contribution in [1.82, 2.24) is 5.32 Å². The van der Waals surface area contributed by atoms with Gasteiger partial charge in [-0.3, -0.25) is 0 Å². The van der Waals surface area contributed by atoms with Crippen molar-refractivity contribution in [2.75, 3.05) is 13.2 Å². The van der Waals surface area contributed by atoms with Gasteiger partial charge in [-0.25, -0.2) is 4.79 Å². The van der Waals surface area contributed by atoms with Gasteiger partial charge in [0.2, 0.25) is 5.76 Å². The Labute approximate surface area is 113 Å². The Morgan fingerprint density at radius 2 is 2.16 bits per heavy atom. The minimum Gasteiger partial charge on any atom is -0.475 e. The van der Waals surface area contributed by atoms with Crippen LogP contribution in [0.25, 0.3) is 0 Å². The molecule has 3 N–H and O–H groups in total. The quantitative estimate of drug-likeness (QED) is 0.675. The van der Waals surface area contributed by atoms with Crippen LogP contribution in [0, 0.1) is 5.41 Å². The molecular weight excluding hydrogens is 246 g/mol. The fourth-order valence-corrected chi connectivity index (χ4v) is 1.88. The molecule has 0 bridgehead atoms. The van der Waals surface area contributed by atoms with Crippen LogP contribution in [0.2, 0.25) is 0 Å². The minimum absolute atomic E-state index is 0.0387. The molecule has 1 atom stereocenters. The van der Waals surface area contributed by atoms with E-state index in [2.05, 4.69) is 19.2 Å². The zero-order chi connectivity index (χ0) is 14.5. The molecule has 5 nitrogen and oxygen atoms in total. The van der Waals surface area contributed by atoms with E-state index in [0.717, 1.165) is 19.4 Å². The summed E-state index contributed by atoms with van der Waals surface area (Å²) in [7, 11) is 0. The summed E-state index contributed by atoms with van der Waals surface area (Å²) in [6.45, 7) is 7.18. The highest BCUT2D eigenvalue weighted by Crippen LogP contribution is 2.23. The first-order chi connectivity index (χ1) is 8.85. The molecule has 0 aliphatic heterocycles. The van der Waals surface area contributed by atoms with Gasteiger partial charge in [0.05, 0.1) is 6.04 Å². The molecule has 0 amide bonds. The van der Waals surface area contributed by atoms with Crippen molar-refractivity contribution in [2.45, 2.75) is 39.7 Å². The third-order valence-electron chi connectivity index (χ3n) is 3.16. The molecule has 0 fully saturated rings. The summed E-state index contributed by atoms with van der Waals surface area (Å²) >= 11 is 0. The molecular formula is C14H23NO4. The van der Waals surface area contributed by atoms with Gasteiger partial charge in [0.15, 0.2) is 0 Å². The summed E-state index contributed by atoms with van der Waals surface area (Å²) < 4.78 is 5.25. The number of hydrogen-bond donors (Lipinski definition) is 3. The minimum atomic E-state index is -1.05. The summed E-state index contributed by atoms with van der Waals surface area (Å²) in [5.74, 6) is -0.472. The Balaban J connectivity index is 2.50. The lowest BCUT2D eigenvalue weighted by Crippen LogP contribution is -2.31. The summed E-state index contributed by atoms with van der Waals surface area (Å²) in [4.78, 5) is 10.7. The van der Waals surface area contributed by atoms with Crippen LogP contribution in [-0.4, -0.2) is 29.3 Å². The van der Waals surface area contributed by atoms with Crippen molar-refractivity contribution in [3.8, 4) is 0 Å². The van der Waals surface area contributed by atoms with Crippen LogP contribution < -0.4 is 5.32 Å². The lowest BCUT2D eigenvalue weighted by atomic mass is 9.87. The molecule has 5 heteroatoms. The molecule has 1 rings (SSSR count). The van der Waals surface area contributed by atoms with Crippen molar-refractivity contribution >= 4 is 5.97 Å². The highest BCUT2D eigenvalue weighted by Gasteiger charge is 2.20. The lowest BCUT2D eigenvalue weighted by molar-refractivity contribution is 0.0659. The Bertz CT molecular complexity index is 411. The molecule has 108 valence electrons. The molecule has 0 aliphatic carbocycles. The van der Waals surface area contributed by atoms with Crippen molar-refractivity contribution in [1.29, 1.82) is 0 Å². The van der Waals surface area contributed by atoms with Gasteiger partial charge in [0.25, 0.3) is 0 Å². The number of carboxylic acids is 1. The molecule has 0 aliphatic rings. The van der Waals surface area contributed by atoms with Gasteiger partial charge in [-0.05, 0) is 37.3 Å². The Morgan fingerprint density at radius 1 is 1.47 bits per heavy atom. The second-order valence-corrected chi connectivity index (χ2v) is 5.60. The van der Waals surface area contributed by atoms with E-state index in [4.69, 9.17) is 14.6 Å². The van der Waals surface area contributed by atoms with E-state index in [1.165, 1.54) is 6.07 Å². The molecule has 0 radical (unpaired) electrons. The summed E-state index contributed by atoms with van der Waals surface area (Å²) in [6, 6.07) is 3.11. The summed E-state index contributed by atoms with van der Waals surface area (Å²) in [5.41, 5.74) is 0.0826. The van der Waals surface area contributed by atoms with Gasteiger partial charge < -0.3 is 19.9 Å². The van der Waals surface area contributed by atoms with Gasteiger partial charge >= 0.3 is 5.97 Å². The van der Waals surface area contributed by atoms with E-state index in [-0.39, 0.29) is 23.8 Å². The number of aliphatic hydroxyl groups excluding tert-OH is 1. The van der Waals surface area contributed by atoms with Gasteiger partial charge in [0, 0.05) is 13.2 Å². The highest BCUT2D eigenvalue weighted by molar-refractivity contribution is 5.84. The Morgan fingerprint density at radius 3 is 2.68 bits per heavy atom. The molecule has 0 saturated heterocycles. The third kappa shape index (κ3) is 5.04. The average molecular weight is 269 g/mol. The van der Waals surface area contributed by atoms with Crippen molar-refractivity contribution < 1.29 is 19.4 Å². The van der Waals surface area contributed by atoms with E-state index >= 15 is 0 Å². The number of carboxylic acid groups (broad SMARTS) is 1. The number of nitrogens with one attached hydrogen (secondary N) is 1. The maximum Gasteiger partial charge on any atom is 0.371 e. The average Bonchev–Trinajstić information content (AvgIpc) is 2.83. The van der Waals surface area contributed by atoms with Crippen LogP contribution >= 0.6 is 0 Å². The van der Waals surface area contributed by atoms with Crippen LogP contribution in [0.15, 0.2) is 16.5 Å². The topological polar surface area (TPSA) is 82.7 Å². The maximum atomic E-state index is 10.7. The van der Waals surface area contributed by atoms with Crippen LogP contribution in [0.1, 0.15) is 56.0 Å². The molecule has 1 aromatic heterocycles. The SMILES string of the molecule is CC(NCC(C)(C)CCCO)c1ccc(C(=O)O)o1. The largest absolute Gasteiger partial charge is 0.475 e. The fourth-order valence-electron chi connectivity index (χ4n) is 1.88. The van der Waals surface area contributed by atoms with Crippen molar-refractivity contribution in [2.24, 2.45) is 5.41 Å². The third-order valence-corrected chi connectivity index (χ3v) is 3.16. The van der Waals surface area contributed by atoms with Gasteiger partial charge in [-0.15, -0.1) is 0 Å². The van der Waals surface area contributed by atoms with E-state index in [1.54, 1.807) is 6.07 Å².